The van der Waals surface area contributed by atoms with Crippen LogP contribution in [0.1, 0.15) is 37.2 Å². The molecule has 1 fully saturated rings. The van der Waals surface area contributed by atoms with E-state index in [0.29, 0.717) is 5.92 Å². The number of fused-ring (bicyclic) bond motifs is 10. The molecule has 0 amide bonds. The second-order valence-corrected chi connectivity index (χ2v) is 19.8. The normalized spacial score (nSPS) is 13.1. The Morgan fingerprint density at radius 3 is 1.32 bits per heavy atom. The highest BCUT2D eigenvalue weighted by molar-refractivity contribution is 6.29. The van der Waals surface area contributed by atoms with E-state index in [1.165, 1.54) is 31.2 Å². The molecule has 0 atom stereocenters. The van der Waals surface area contributed by atoms with E-state index in [0.717, 1.165) is 133 Å². The van der Waals surface area contributed by atoms with E-state index < -0.39 is 0 Å². The maximum absolute atomic E-state index is 7.42. The van der Waals surface area contributed by atoms with E-state index in [4.69, 9.17) is 13.3 Å². The van der Waals surface area contributed by atoms with Crippen molar-refractivity contribution < 1.29 is 13.3 Å². The molecule has 0 spiro atoms. The number of furan rings is 3. The zero-order chi connectivity index (χ0) is 48.7. The first-order chi connectivity index (χ1) is 36.7. The first-order valence-corrected chi connectivity index (χ1v) is 25.8. The highest BCUT2D eigenvalue weighted by Gasteiger charge is 2.32. The highest BCUT2D eigenvalue weighted by Crippen LogP contribution is 2.56. The lowest BCUT2D eigenvalue weighted by Crippen LogP contribution is -2.14. The predicted molar refractivity (Wildman–Crippen MR) is 307 cm³/mol. The van der Waals surface area contributed by atoms with Crippen LogP contribution in [0.4, 0.5) is 34.1 Å². The van der Waals surface area contributed by atoms with Gasteiger partial charge in [-0.15, -0.1) is 0 Å². The monoisotopic (exact) mass is 952 g/mol. The average Bonchev–Trinajstić information content (AvgIpc) is 4.30. The van der Waals surface area contributed by atoms with E-state index in [1.54, 1.807) is 0 Å². The lowest BCUT2D eigenvalue weighted by atomic mass is 9.95. The van der Waals surface area contributed by atoms with Gasteiger partial charge in [0.2, 0.25) is 0 Å². The van der Waals surface area contributed by atoms with Gasteiger partial charge in [-0.3, -0.25) is 0 Å². The van der Waals surface area contributed by atoms with E-state index in [9.17, 15) is 0 Å². The van der Waals surface area contributed by atoms with Crippen molar-refractivity contribution in [3.8, 4) is 22.3 Å². The van der Waals surface area contributed by atoms with Gasteiger partial charge in [0, 0.05) is 49.1 Å². The summed E-state index contributed by atoms with van der Waals surface area (Å²) in [5, 5.41) is 8.43. The summed E-state index contributed by atoms with van der Waals surface area (Å²) in [6, 6.07) is 84.5. The molecule has 352 valence electrons. The predicted octanol–water partition coefficient (Wildman–Crippen LogP) is 20.5. The van der Waals surface area contributed by atoms with Gasteiger partial charge in [0.05, 0.1) is 28.1 Å². The first kappa shape index (κ1) is 42.4. The molecule has 3 heterocycles. The van der Waals surface area contributed by atoms with Crippen molar-refractivity contribution in [3.63, 3.8) is 0 Å². The number of rotatable bonds is 9. The molecule has 14 aromatic rings. The molecule has 5 nitrogen and oxygen atoms in total. The summed E-state index contributed by atoms with van der Waals surface area (Å²) in [5.74, 6) is 0.485. The Morgan fingerprint density at radius 2 is 0.716 bits per heavy atom. The molecule has 5 heteroatoms. The van der Waals surface area contributed by atoms with E-state index in [2.05, 4.69) is 240 Å². The average molecular weight is 953 g/mol. The molecule has 1 aliphatic rings. The molecule has 1 saturated carbocycles. The molecular weight excluding hydrogens is 905 g/mol. The minimum Gasteiger partial charge on any atom is -0.454 e. The van der Waals surface area contributed by atoms with E-state index in [1.807, 2.05) is 6.07 Å². The molecule has 74 heavy (non-hydrogen) atoms. The SMILES string of the molecule is c1ccc(-c2ccc(N(c3cccc4c3oc3c(C5CCCC5)cccc34)c3c4ccccc4c(N(c4ccc(-c5ccccc5)cc4)c4cccc5c4oc4ccccc45)c4c3oc3ccccc34)cc2)cc1. The van der Waals surface area contributed by atoms with Crippen LogP contribution in [0.5, 0.6) is 0 Å². The number of hydrogen-bond donors (Lipinski definition) is 0. The fourth-order valence-corrected chi connectivity index (χ4v) is 12.2. The van der Waals surface area contributed by atoms with Gasteiger partial charge >= 0.3 is 0 Å². The van der Waals surface area contributed by atoms with Gasteiger partial charge < -0.3 is 23.1 Å². The summed E-state index contributed by atoms with van der Waals surface area (Å²) in [6.07, 6.45) is 4.87. The van der Waals surface area contributed by atoms with Crippen molar-refractivity contribution in [2.75, 3.05) is 9.80 Å². The summed E-state index contributed by atoms with van der Waals surface area (Å²) < 4.78 is 21.7. The molecule has 0 unspecified atom stereocenters. The van der Waals surface area contributed by atoms with Crippen molar-refractivity contribution in [3.05, 3.63) is 242 Å². The molecular formula is C69H48N2O3. The lowest BCUT2D eigenvalue weighted by Gasteiger charge is -2.31. The number of benzene rings is 11. The van der Waals surface area contributed by atoms with Crippen molar-refractivity contribution in [2.45, 2.75) is 31.6 Å². The van der Waals surface area contributed by atoms with Gasteiger partial charge in [0.1, 0.15) is 16.7 Å². The Bertz CT molecular complexity index is 4430. The Labute approximate surface area is 427 Å². The minimum absolute atomic E-state index is 0.485. The van der Waals surface area contributed by atoms with Crippen LogP contribution < -0.4 is 9.80 Å². The first-order valence-electron chi connectivity index (χ1n) is 25.8. The van der Waals surface area contributed by atoms with Crippen molar-refractivity contribution in [2.24, 2.45) is 0 Å². The summed E-state index contributed by atoms with van der Waals surface area (Å²) >= 11 is 0. The Kier molecular flexibility index (Phi) is 9.84. The number of anilines is 6. The van der Waals surface area contributed by atoms with Crippen LogP contribution in [0.25, 0.3) is 98.8 Å². The second-order valence-electron chi connectivity index (χ2n) is 19.8. The van der Waals surface area contributed by atoms with E-state index in [-0.39, 0.29) is 0 Å². The van der Waals surface area contributed by atoms with Crippen LogP contribution in [0.3, 0.4) is 0 Å². The Hall–Kier alpha value is -9.32. The molecule has 0 radical (unpaired) electrons. The minimum atomic E-state index is 0.485. The molecule has 15 rings (SSSR count). The van der Waals surface area contributed by atoms with Gasteiger partial charge in [0.25, 0.3) is 0 Å². The van der Waals surface area contributed by atoms with Crippen LogP contribution in [-0.2, 0) is 0 Å². The summed E-state index contributed by atoms with van der Waals surface area (Å²) in [4.78, 5) is 4.80. The van der Waals surface area contributed by atoms with Gasteiger partial charge in [-0.2, -0.15) is 0 Å². The van der Waals surface area contributed by atoms with Crippen molar-refractivity contribution in [1.29, 1.82) is 0 Å². The van der Waals surface area contributed by atoms with Gasteiger partial charge in [0.15, 0.2) is 16.7 Å². The molecule has 0 saturated heterocycles. The van der Waals surface area contributed by atoms with Gasteiger partial charge in [-0.05, 0) is 95.1 Å². The second kappa shape index (κ2) is 17.2. The summed E-state index contributed by atoms with van der Waals surface area (Å²) in [6.45, 7) is 0. The summed E-state index contributed by atoms with van der Waals surface area (Å²) in [7, 11) is 0. The molecule has 0 bridgehead atoms. The fourth-order valence-electron chi connectivity index (χ4n) is 12.2. The topological polar surface area (TPSA) is 45.9 Å². The smallest absolute Gasteiger partial charge is 0.162 e. The lowest BCUT2D eigenvalue weighted by molar-refractivity contribution is 0.643. The van der Waals surface area contributed by atoms with Crippen molar-refractivity contribution >= 4 is 111 Å². The number of hydrogen-bond acceptors (Lipinski definition) is 5. The van der Waals surface area contributed by atoms with Gasteiger partial charge in [-0.25, -0.2) is 0 Å². The third kappa shape index (κ3) is 6.70. The van der Waals surface area contributed by atoms with Crippen LogP contribution in [-0.4, -0.2) is 0 Å². The van der Waals surface area contributed by atoms with Crippen molar-refractivity contribution in [1.82, 2.24) is 0 Å². The standard InChI is InChI=1S/C69H48N2O3/c1-3-18-44(19-4-1)46-36-40-49(41-37-46)70(59-32-16-30-55-52-24-11-13-34-61(52)72-67(55)59)64-53-25-9-10-26-54(53)65(69-63(64)58-27-12-14-35-62(58)73-69)71(50-42-38-47(39-43-50)45-20-5-2-6-21-45)60-33-17-31-57-56-29-15-28-51(48-22-7-8-23-48)66(56)74-68(57)60/h1-6,9-21,24-43,48H,7-8,22-23H2. The molecule has 1 aliphatic carbocycles. The summed E-state index contributed by atoms with van der Waals surface area (Å²) in [5.41, 5.74) is 16.7. The van der Waals surface area contributed by atoms with Crippen LogP contribution in [0.15, 0.2) is 250 Å². The zero-order valence-electron chi connectivity index (χ0n) is 40.5. The zero-order valence-corrected chi connectivity index (χ0v) is 40.5. The van der Waals surface area contributed by atoms with Crippen LogP contribution in [0.2, 0.25) is 0 Å². The quantitative estimate of drug-likeness (QED) is 0.135. The van der Waals surface area contributed by atoms with E-state index >= 15 is 0 Å². The number of nitrogens with zero attached hydrogens (tertiary/aromatic N) is 2. The highest BCUT2D eigenvalue weighted by atomic mass is 16.3. The maximum Gasteiger partial charge on any atom is 0.162 e. The maximum atomic E-state index is 7.42. The Balaban J connectivity index is 1.05. The number of para-hydroxylation sites is 5. The molecule has 0 N–H and O–H groups in total. The van der Waals surface area contributed by atoms with Crippen LogP contribution in [0, 0.1) is 0 Å². The molecule has 3 aromatic heterocycles. The largest absolute Gasteiger partial charge is 0.454 e. The molecule has 0 aliphatic heterocycles. The third-order valence-corrected chi connectivity index (χ3v) is 15.6. The Morgan fingerprint density at radius 1 is 0.297 bits per heavy atom. The van der Waals surface area contributed by atoms with Gasteiger partial charge in [-0.1, -0.05) is 201 Å². The van der Waals surface area contributed by atoms with Crippen LogP contribution >= 0.6 is 0 Å². The molecule has 11 aromatic carbocycles. The third-order valence-electron chi connectivity index (χ3n) is 15.6. The fraction of sp³-hybridized carbons (Fsp3) is 0.0725.